The highest BCUT2D eigenvalue weighted by Crippen LogP contribution is 2.27. The minimum absolute atomic E-state index is 0.360. The number of hydrogen-bond acceptors (Lipinski definition) is 6. The lowest BCUT2D eigenvalue weighted by molar-refractivity contribution is 0.0605. The van der Waals surface area contributed by atoms with Gasteiger partial charge in [0.05, 0.1) is 24.7 Å². The Bertz CT molecular complexity index is 580. The first-order chi connectivity index (χ1) is 8.61. The number of carbonyl (C=O) groups is 1. The van der Waals surface area contributed by atoms with Crippen LogP contribution in [0.1, 0.15) is 20.9 Å². The fourth-order valence-corrected chi connectivity index (χ4v) is 2.34. The third-order valence-corrected chi connectivity index (χ3v) is 3.50. The lowest BCUT2D eigenvalue weighted by atomic mass is 10.2. The maximum Gasteiger partial charge on any atom is 0.350 e. The van der Waals surface area contributed by atoms with Crippen LogP contribution in [0.3, 0.4) is 0 Å². The van der Waals surface area contributed by atoms with Gasteiger partial charge in [-0.15, -0.1) is 0 Å². The Hall–Kier alpha value is -1.95. The summed E-state index contributed by atoms with van der Waals surface area (Å²) in [5, 5.41) is 3.81. The van der Waals surface area contributed by atoms with Gasteiger partial charge in [0, 0.05) is 6.20 Å². The van der Waals surface area contributed by atoms with Crippen LogP contribution in [0.4, 0.5) is 10.8 Å². The second-order valence-corrected chi connectivity index (χ2v) is 4.74. The third kappa shape index (κ3) is 2.48. The van der Waals surface area contributed by atoms with E-state index in [1.54, 1.807) is 19.3 Å². The van der Waals surface area contributed by atoms with Gasteiger partial charge >= 0.3 is 5.97 Å². The second kappa shape index (κ2) is 5.14. The van der Waals surface area contributed by atoms with E-state index in [1.165, 1.54) is 18.4 Å². The zero-order valence-corrected chi connectivity index (χ0v) is 11.2. The molecule has 94 valence electrons. The van der Waals surface area contributed by atoms with Crippen LogP contribution in [0.5, 0.6) is 0 Å². The molecule has 0 aliphatic rings. The van der Waals surface area contributed by atoms with Crippen LogP contribution in [-0.4, -0.2) is 23.0 Å². The molecule has 0 amide bonds. The monoisotopic (exact) mass is 263 g/mol. The van der Waals surface area contributed by atoms with Crippen LogP contribution in [0.25, 0.3) is 0 Å². The van der Waals surface area contributed by atoms with Gasteiger partial charge in [-0.1, -0.05) is 11.3 Å². The normalized spacial score (nSPS) is 10.2. The van der Waals surface area contributed by atoms with Gasteiger partial charge in [-0.25, -0.2) is 9.78 Å². The van der Waals surface area contributed by atoms with Gasteiger partial charge in [0.2, 0.25) is 0 Å². The Kier molecular flexibility index (Phi) is 3.57. The lowest BCUT2D eigenvalue weighted by Gasteiger charge is -2.04. The first kappa shape index (κ1) is 12.5. The molecule has 6 heteroatoms. The highest BCUT2D eigenvalue weighted by Gasteiger charge is 2.15. The summed E-state index contributed by atoms with van der Waals surface area (Å²) in [6, 6.07) is 1.91. The molecule has 0 atom stereocenters. The van der Waals surface area contributed by atoms with Crippen LogP contribution in [-0.2, 0) is 4.74 Å². The third-order valence-electron chi connectivity index (χ3n) is 2.45. The summed E-state index contributed by atoms with van der Waals surface area (Å²) in [7, 11) is 1.36. The molecule has 2 heterocycles. The maximum absolute atomic E-state index is 11.5. The number of nitrogens with zero attached hydrogens (tertiary/aromatic N) is 2. The number of aryl methyl sites for hydroxylation is 2. The van der Waals surface area contributed by atoms with E-state index in [0.29, 0.717) is 15.7 Å². The quantitative estimate of drug-likeness (QED) is 0.862. The van der Waals surface area contributed by atoms with Gasteiger partial charge in [0.25, 0.3) is 0 Å². The van der Waals surface area contributed by atoms with E-state index in [0.717, 1.165) is 11.3 Å². The average molecular weight is 263 g/mol. The van der Waals surface area contributed by atoms with Crippen molar-refractivity contribution in [3.63, 3.8) is 0 Å². The number of rotatable bonds is 3. The summed E-state index contributed by atoms with van der Waals surface area (Å²) in [5.74, 6) is -0.360. The van der Waals surface area contributed by atoms with E-state index in [4.69, 9.17) is 4.74 Å². The number of nitrogens with one attached hydrogen (secondary N) is 1. The maximum atomic E-state index is 11.5. The summed E-state index contributed by atoms with van der Waals surface area (Å²) < 4.78 is 4.70. The van der Waals surface area contributed by atoms with Gasteiger partial charge in [0.15, 0.2) is 5.13 Å². The first-order valence-electron chi connectivity index (χ1n) is 5.35. The summed E-state index contributed by atoms with van der Waals surface area (Å²) >= 11 is 1.27. The number of carbonyl (C=O) groups excluding carboxylic acids is 1. The molecule has 0 radical (unpaired) electrons. The minimum Gasteiger partial charge on any atom is -0.465 e. The summed E-state index contributed by atoms with van der Waals surface area (Å²) in [6.45, 7) is 3.76. The topological polar surface area (TPSA) is 64.1 Å². The molecule has 0 bridgehead atoms. The predicted octanol–water partition coefficient (Wildman–Crippen LogP) is 2.69. The average Bonchev–Trinajstić information content (AvgIpc) is 2.72. The molecule has 0 unspecified atom stereocenters. The molecular formula is C12H13N3O2S. The summed E-state index contributed by atoms with van der Waals surface area (Å²) in [5.41, 5.74) is 2.61. The van der Waals surface area contributed by atoms with Crippen molar-refractivity contribution < 1.29 is 9.53 Å². The van der Waals surface area contributed by atoms with Gasteiger partial charge in [-0.2, -0.15) is 0 Å². The number of ether oxygens (including phenoxy) is 1. The largest absolute Gasteiger partial charge is 0.465 e. The first-order valence-corrected chi connectivity index (χ1v) is 6.17. The van der Waals surface area contributed by atoms with Crippen LogP contribution < -0.4 is 5.32 Å². The van der Waals surface area contributed by atoms with Crippen molar-refractivity contribution in [2.45, 2.75) is 13.8 Å². The summed E-state index contributed by atoms with van der Waals surface area (Å²) in [6.07, 6.45) is 3.46. The molecule has 2 aromatic heterocycles. The van der Waals surface area contributed by atoms with Crippen LogP contribution >= 0.6 is 11.3 Å². The Labute approximate surface area is 109 Å². The Balaban J connectivity index is 2.26. The van der Waals surface area contributed by atoms with Gasteiger partial charge in [-0.05, 0) is 25.5 Å². The highest BCUT2D eigenvalue weighted by molar-refractivity contribution is 7.17. The molecule has 2 rings (SSSR count). The fourth-order valence-electron chi connectivity index (χ4n) is 1.44. The van der Waals surface area contributed by atoms with Crippen molar-refractivity contribution in [3.8, 4) is 0 Å². The highest BCUT2D eigenvalue weighted by atomic mass is 32.1. The second-order valence-electron chi connectivity index (χ2n) is 3.74. The molecule has 0 aliphatic heterocycles. The van der Waals surface area contributed by atoms with E-state index < -0.39 is 0 Å². The van der Waals surface area contributed by atoms with Crippen LogP contribution in [0.2, 0.25) is 0 Å². The predicted molar refractivity (Wildman–Crippen MR) is 70.4 cm³/mol. The lowest BCUT2D eigenvalue weighted by Crippen LogP contribution is -1.99. The van der Waals surface area contributed by atoms with E-state index in [-0.39, 0.29) is 5.97 Å². The van der Waals surface area contributed by atoms with Crippen molar-refractivity contribution >= 4 is 28.1 Å². The van der Waals surface area contributed by atoms with Crippen molar-refractivity contribution in [2.24, 2.45) is 0 Å². The van der Waals surface area contributed by atoms with Gasteiger partial charge in [-0.3, -0.25) is 4.98 Å². The van der Waals surface area contributed by atoms with Crippen molar-refractivity contribution in [3.05, 3.63) is 34.6 Å². The zero-order valence-electron chi connectivity index (χ0n) is 10.4. The van der Waals surface area contributed by atoms with Crippen molar-refractivity contribution in [2.75, 3.05) is 12.4 Å². The number of methoxy groups -OCH3 is 1. The van der Waals surface area contributed by atoms with E-state index in [9.17, 15) is 4.79 Å². The van der Waals surface area contributed by atoms with Crippen molar-refractivity contribution in [1.82, 2.24) is 9.97 Å². The fraction of sp³-hybridized carbons (Fsp3) is 0.250. The van der Waals surface area contributed by atoms with E-state index in [1.807, 2.05) is 13.0 Å². The molecule has 0 saturated heterocycles. The zero-order chi connectivity index (χ0) is 13.1. The Morgan fingerprint density at radius 1 is 1.44 bits per heavy atom. The Morgan fingerprint density at radius 2 is 2.22 bits per heavy atom. The standard InChI is InChI=1S/C12H13N3O2S/c1-7-4-5-13-6-9(7)15-12-14-8(2)10(18-12)11(16)17-3/h4-6H,1-3H3,(H,14,15). The van der Waals surface area contributed by atoms with Gasteiger partial charge < -0.3 is 10.1 Å². The smallest absolute Gasteiger partial charge is 0.350 e. The molecule has 0 saturated carbocycles. The molecule has 0 aliphatic carbocycles. The number of aromatic nitrogens is 2. The van der Waals surface area contributed by atoms with Crippen LogP contribution in [0, 0.1) is 13.8 Å². The number of esters is 1. The molecular weight excluding hydrogens is 250 g/mol. The number of hydrogen-bond donors (Lipinski definition) is 1. The molecule has 1 N–H and O–H groups in total. The minimum atomic E-state index is -0.360. The van der Waals surface area contributed by atoms with E-state index >= 15 is 0 Å². The van der Waals surface area contributed by atoms with E-state index in [2.05, 4.69) is 15.3 Å². The number of pyridine rings is 1. The van der Waals surface area contributed by atoms with Gasteiger partial charge in [0.1, 0.15) is 4.88 Å². The Morgan fingerprint density at radius 3 is 2.89 bits per heavy atom. The molecule has 2 aromatic rings. The molecule has 0 fully saturated rings. The van der Waals surface area contributed by atoms with Crippen LogP contribution in [0.15, 0.2) is 18.5 Å². The molecule has 0 aromatic carbocycles. The SMILES string of the molecule is COC(=O)c1sc(Nc2cnccc2C)nc1C. The molecule has 18 heavy (non-hydrogen) atoms. The summed E-state index contributed by atoms with van der Waals surface area (Å²) in [4.78, 5) is 20.3. The molecule has 0 spiro atoms. The molecule has 5 nitrogen and oxygen atoms in total. The number of thiazole rings is 1. The van der Waals surface area contributed by atoms with Crippen molar-refractivity contribution in [1.29, 1.82) is 0 Å². The number of anilines is 2.